The monoisotopic (exact) mass is 561 g/mol. The molecule has 0 bridgehead atoms. The molecule has 10 nitrogen and oxygen atoms in total. The molecule has 1 amide bonds. The molecular weight excluding hydrogens is 530 g/mol. The van der Waals surface area contributed by atoms with Gasteiger partial charge in [-0.05, 0) is 64.3 Å². The zero-order valence-electron chi connectivity index (χ0n) is 23.0. The number of ether oxygens (including phenoxy) is 2. The van der Waals surface area contributed by atoms with E-state index < -0.39 is 0 Å². The molecule has 40 heavy (non-hydrogen) atoms. The second-order valence-electron chi connectivity index (χ2n) is 9.45. The lowest BCUT2D eigenvalue weighted by Gasteiger charge is -2.17. The summed E-state index contributed by atoms with van der Waals surface area (Å²) < 4.78 is 13.3. The Kier molecular flexibility index (Phi) is 9.43. The van der Waals surface area contributed by atoms with E-state index in [1.54, 1.807) is 28.9 Å². The van der Waals surface area contributed by atoms with Crippen LogP contribution in [-0.2, 0) is 18.4 Å². The van der Waals surface area contributed by atoms with Crippen LogP contribution in [0.15, 0.2) is 48.8 Å². The van der Waals surface area contributed by atoms with Crippen molar-refractivity contribution in [2.45, 2.75) is 26.4 Å². The summed E-state index contributed by atoms with van der Waals surface area (Å²) in [7, 11) is 5.79. The number of fused-ring (bicyclic) bond motifs is 1. The minimum absolute atomic E-state index is 0.117. The van der Waals surface area contributed by atoms with Crippen LogP contribution >= 0.6 is 11.6 Å². The van der Waals surface area contributed by atoms with Gasteiger partial charge in [-0.15, -0.1) is 0 Å². The molecule has 0 spiro atoms. The number of carbonyl (C=O) groups excluding carboxylic acids is 1. The van der Waals surface area contributed by atoms with Gasteiger partial charge in [0.05, 0.1) is 39.8 Å². The summed E-state index contributed by atoms with van der Waals surface area (Å²) in [5.41, 5.74) is 3.44. The second-order valence-corrected chi connectivity index (χ2v) is 9.86. The highest BCUT2D eigenvalue weighted by Gasteiger charge is 2.16. The standard InChI is InChI=1S/C29H32ClN7O3/c1-5-39-27-15-24-22(14-25(27)34-28(38)7-6-11-36(2)3)29(19(16-31)17-32-24)33-20-8-9-26(23(30)13-20)40-18-21-10-12-37(4)35-21/h8-10,12-15,17H,5-7,11,18H2,1-4H3,(H,32,33)(H,34,38). The van der Waals surface area contributed by atoms with Gasteiger partial charge in [0.15, 0.2) is 0 Å². The van der Waals surface area contributed by atoms with Crippen molar-refractivity contribution < 1.29 is 14.3 Å². The quantitative estimate of drug-likeness (QED) is 0.233. The van der Waals surface area contributed by atoms with Crippen LogP contribution in [0.3, 0.4) is 0 Å². The molecule has 11 heteroatoms. The summed E-state index contributed by atoms with van der Waals surface area (Å²) in [4.78, 5) is 19.2. The van der Waals surface area contributed by atoms with Crippen molar-refractivity contribution >= 4 is 45.5 Å². The largest absolute Gasteiger partial charge is 0.492 e. The van der Waals surface area contributed by atoms with Crippen LogP contribution in [0.4, 0.5) is 17.1 Å². The number of nitriles is 1. The van der Waals surface area contributed by atoms with E-state index in [1.807, 2.05) is 51.3 Å². The van der Waals surface area contributed by atoms with Crippen LogP contribution in [0.25, 0.3) is 10.9 Å². The zero-order valence-corrected chi connectivity index (χ0v) is 23.7. The Morgan fingerprint density at radius 1 is 1.18 bits per heavy atom. The van der Waals surface area contributed by atoms with E-state index in [-0.39, 0.29) is 12.5 Å². The van der Waals surface area contributed by atoms with Crippen molar-refractivity contribution in [1.29, 1.82) is 5.26 Å². The Morgan fingerprint density at radius 2 is 2.00 bits per heavy atom. The summed E-state index contributed by atoms with van der Waals surface area (Å²) in [5.74, 6) is 0.907. The molecule has 2 heterocycles. The fourth-order valence-electron chi connectivity index (χ4n) is 4.11. The van der Waals surface area contributed by atoms with E-state index in [2.05, 4.69) is 26.8 Å². The van der Waals surface area contributed by atoms with Crippen molar-refractivity contribution in [3.63, 3.8) is 0 Å². The van der Waals surface area contributed by atoms with Gasteiger partial charge in [0.1, 0.15) is 24.2 Å². The molecule has 208 valence electrons. The molecule has 0 aliphatic heterocycles. The van der Waals surface area contributed by atoms with Crippen molar-refractivity contribution in [2.24, 2.45) is 7.05 Å². The van der Waals surface area contributed by atoms with Gasteiger partial charge in [0, 0.05) is 43.0 Å². The van der Waals surface area contributed by atoms with Gasteiger partial charge in [-0.2, -0.15) is 10.4 Å². The average molecular weight is 562 g/mol. The van der Waals surface area contributed by atoms with E-state index in [4.69, 9.17) is 21.1 Å². The summed E-state index contributed by atoms with van der Waals surface area (Å²) in [6.45, 7) is 3.39. The van der Waals surface area contributed by atoms with E-state index in [0.717, 1.165) is 18.7 Å². The van der Waals surface area contributed by atoms with Gasteiger partial charge in [-0.3, -0.25) is 14.5 Å². The number of carbonyl (C=O) groups is 1. The highest BCUT2D eigenvalue weighted by Crippen LogP contribution is 2.37. The topological polar surface area (TPSA) is 117 Å². The molecule has 0 aliphatic carbocycles. The Balaban J connectivity index is 1.62. The van der Waals surface area contributed by atoms with Crippen LogP contribution in [0, 0.1) is 11.3 Å². The van der Waals surface area contributed by atoms with Gasteiger partial charge < -0.3 is 25.0 Å². The zero-order chi connectivity index (χ0) is 28.6. The number of aryl methyl sites for hydroxylation is 1. The number of halogens is 1. The number of anilines is 3. The molecule has 2 aromatic carbocycles. The summed E-state index contributed by atoms with van der Waals surface area (Å²) >= 11 is 6.52. The average Bonchev–Trinajstić information content (AvgIpc) is 3.33. The maximum atomic E-state index is 12.7. The number of amides is 1. The SMILES string of the molecule is CCOc1cc2ncc(C#N)c(Nc3ccc(OCc4ccn(C)n4)c(Cl)c3)c2cc1NC(=O)CCCN(C)C. The first-order valence-electron chi connectivity index (χ1n) is 12.9. The molecule has 0 radical (unpaired) electrons. The number of nitrogens with zero attached hydrogens (tertiary/aromatic N) is 5. The number of rotatable bonds is 12. The first-order valence-corrected chi connectivity index (χ1v) is 13.3. The maximum absolute atomic E-state index is 12.7. The number of pyridine rings is 1. The molecule has 0 saturated heterocycles. The smallest absolute Gasteiger partial charge is 0.224 e. The van der Waals surface area contributed by atoms with Gasteiger partial charge in [0.2, 0.25) is 5.91 Å². The first kappa shape index (κ1) is 28.7. The summed E-state index contributed by atoms with van der Waals surface area (Å²) in [5, 5.41) is 21.5. The first-order chi connectivity index (χ1) is 19.3. The number of benzene rings is 2. The van der Waals surface area contributed by atoms with Gasteiger partial charge in [-0.25, -0.2) is 0 Å². The number of aromatic nitrogens is 3. The number of hydrogen-bond donors (Lipinski definition) is 2. The third-order valence-corrected chi connectivity index (χ3v) is 6.31. The Bertz CT molecular complexity index is 1540. The lowest BCUT2D eigenvalue weighted by molar-refractivity contribution is -0.116. The van der Waals surface area contributed by atoms with E-state index >= 15 is 0 Å². The van der Waals surface area contributed by atoms with Crippen LogP contribution in [0.5, 0.6) is 11.5 Å². The molecule has 4 aromatic rings. The predicted octanol–water partition coefficient (Wildman–Crippen LogP) is 5.49. The van der Waals surface area contributed by atoms with Crippen LogP contribution in [0.1, 0.15) is 31.0 Å². The molecule has 2 N–H and O–H groups in total. The van der Waals surface area contributed by atoms with Crippen LogP contribution < -0.4 is 20.1 Å². The molecule has 0 unspecified atom stereocenters. The molecule has 0 saturated carbocycles. The fraction of sp³-hybridized carbons (Fsp3) is 0.310. The molecule has 2 aromatic heterocycles. The third kappa shape index (κ3) is 7.20. The number of hydrogen-bond acceptors (Lipinski definition) is 8. The highest BCUT2D eigenvalue weighted by atomic mass is 35.5. The molecule has 0 aliphatic rings. The summed E-state index contributed by atoms with van der Waals surface area (Å²) in [6.07, 6.45) is 4.45. The normalized spacial score (nSPS) is 10.9. The molecular formula is C29H32ClN7O3. The van der Waals surface area contributed by atoms with Gasteiger partial charge in [-0.1, -0.05) is 11.6 Å². The van der Waals surface area contributed by atoms with Crippen molar-refractivity contribution in [3.8, 4) is 17.6 Å². The summed E-state index contributed by atoms with van der Waals surface area (Å²) in [6, 6.07) is 12.9. The van der Waals surface area contributed by atoms with Crippen molar-refractivity contribution in [1.82, 2.24) is 19.7 Å². The minimum Gasteiger partial charge on any atom is -0.492 e. The van der Waals surface area contributed by atoms with Crippen LogP contribution in [0.2, 0.25) is 5.02 Å². The predicted molar refractivity (Wildman–Crippen MR) is 156 cm³/mol. The highest BCUT2D eigenvalue weighted by molar-refractivity contribution is 6.32. The number of nitrogens with one attached hydrogen (secondary N) is 2. The maximum Gasteiger partial charge on any atom is 0.224 e. The minimum atomic E-state index is -0.117. The van der Waals surface area contributed by atoms with E-state index in [9.17, 15) is 10.1 Å². The lowest BCUT2D eigenvalue weighted by Crippen LogP contribution is -2.17. The Morgan fingerprint density at radius 3 is 2.67 bits per heavy atom. The van der Waals surface area contributed by atoms with Gasteiger partial charge >= 0.3 is 0 Å². The molecule has 0 fully saturated rings. The van der Waals surface area contributed by atoms with Gasteiger partial charge in [0.25, 0.3) is 0 Å². The van der Waals surface area contributed by atoms with E-state index in [0.29, 0.717) is 63.1 Å². The third-order valence-electron chi connectivity index (χ3n) is 6.02. The Labute approximate surface area is 238 Å². The molecule has 0 atom stereocenters. The van der Waals surface area contributed by atoms with Crippen molar-refractivity contribution in [2.75, 3.05) is 37.9 Å². The van der Waals surface area contributed by atoms with Crippen molar-refractivity contribution in [3.05, 3.63) is 65.1 Å². The van der Waals surface area contributed by atoms with E-state index in [1.165, 1.54) is 6.20 Å². The Hall–Kier alpha value is -4.33. The lowest BCUT2D eigenvalue weighted by atomic mass is 10.1. The second kappa shape index (κ2) is 13.2. The molecule has 4 rings (SSSR count). The fourth-order valence-corrected chi connectivity index (χ4v) is 4.35. The van der Waals surface area contributed by atoms with Crippen LogP contribution in [-0.4, -0.2) is 52.8 Å².